The van der Waals surface area contributed by atoms with Crippen LogP contribution in [-0.4, -0.2) is 32.0 Å². The molecule has 0 bridgehead atoms. The van der Waals surface area contributed by atoms with E-state index in [4.69, 9.17) is 9.97 Å². The lowest BCUT2D eigenvalue weighted by Gasteiger charge is -2.12. The predicted molar refractivity (Wildman–Crippen MR) is 154 cm³/mol. The second-order valence-corrected chi connectivity index (χ2v) is 13.5. The van der Waals surface area contributed by atoms with Crippen LogP contribution in [0.2, 0.25) is 0 Å². The van der Waals surface area contributed by atoms with Gasteiger partial charge in [-0.25, -0.2) is 9.97 Å². The molecule has 196 valence electrons. The quantitative estimate of drug-likeness (QED) is 0.239. The number of rotatable bonds is 5. The summed E-state index contributed by atoms with van der Waals surface area (Å²) in [7, 11) is 0. The topological polar surface area (TPSA) is 81.4 Å². The van der Waals surface area contributed by atoms with E-state index in [1.165, 1.54) is 58.7 Å². The predicted octanol–water partition coefficient (Wildman–Crippen LogP) is 5.70. The highest BCUT2D eigenvalue weighted by atomic mass is 15.2. The summed E-state index contributed by atoms with van der Waals surface area (Å²) in [6, 6.07) is 23.9. The van der Waals surface area contributed by atoms with E-state index >= 15 is 0 Å². The molecule has 2 saturated heterocycles. The minimum Gasteiger partial charge on any atom is -0.340 e. The summed E-state index contributed by atoms with van der Waals surface area (Å²) >= 11 is 0. The van der Waals surface area contributed by atoms with Gasteiger partial charge in [-0.1, -0.05) is 48.5 Å². The SMILES string of the molecule is c1cc(-c2cnc(C34C[C@@H]3C3CC3N4)[nH]2)ccc1-c1ccc2cc(-c3cnc(C45CC4C4CC4N5)[nH]3)ccc2c1. The zero-order valence-electron chi connectivity index (χ0n) is 22.1. The average Bonchev–Trinajstić information content (AvgIpc) is 3.98. The van der Waals surface area contributed by atoms with Crippen LogP contribution in [-0.2, 0) is 11.1 Å². The number of aromatic amines is 2. The van der Waals surface area contributed by atoms with Crippen molar-refractivity contribution in [1.82, 2.24) is 30.6 Å². The summed E-state index contributed by atoms with van der Waals surface area (Å²) in [6.07, 6.45) is 9.23. The third-order valence-electron chi connectivity index (χ3n) is 11.3. The van der Waals surface area contributed by atoms with Crippen LogP contribution in [0, 0.1) is 23.7 Å². The summed E-state index contributed by atoms with van der Waals surface area (Å²) in [4.78, 5) is 16.9. The molecule has 4 heterocycles. The molecule has 2 aliphatic heterocycles. The first-order chi connectivity index (χ1) is 19.7. The molecule has 8 atom stereocenters. The van der Waals surface area contributed by atoms with Gasteiger partial charge in [0.2, 0.25) is 0 Å². The maximum atomic E-state index is 4.81. The first-order valence-electron chi connectivity index (χ1n) is 15.0. The molecule has 4 N–H and O–H groups in total. The molecule has 2 aromatic heterocycles. The van der Waals surface area contributed by atoms with Crippen molar-refractivity contribution < 1.29 is 0 Å². The van der Waals surface area contributed by atoms with E-state index in [-0.39, 0.29) is 11.1 Å². The Labute approximate surface area is 232 Å². The van der Waals surface area contributed by atoms with E-state index in [1.54, 1.807) is 0 Å². The van der Waals surface area contributed by atoms with Gasteiger partial charge in [0.25, 0.3) is 0 Å². The van der Waals surface area contributed by atoms with Gasteiger partial charge in [0.15, 0.2) is 0 Å². The van der Waals surface area contributed by atoms with Gasteiger partial charge in [-0.05, 0) is 89.0 Å². The number of nitrogens with one attached hydrogen (secondary N) is 4. The zero-order chi connectivity index (χ0) is 25.8. The Morgan fingerprint density at radius 2 is 1.07 bits per heavy atom. The van der Waals surface area contributed by atoms with Crippen molar-refractivity contribution in [3.8, 4) is 33.6 Å². The molecule has 6 heteroatoms. The molecular formula is C34H30N6. The van der Waals surface area contributed by atoms with Crippen LogP contribution < -0.4 is 10.6 Å². The molecule has 11 rings (SSSR count). The largest absolute Gasteiger partial charge is 0.340 e. The highest BCUT2D eigenvalue weighted by Crippen LogP contribution is 2.69. The molecule has 4 saturated carbocycles. The van der Waals surface area contributed by atoms with Crippen molar-refractivity contribution in [2.24, 2.45) is 23.7 Å². The van der Waals surface area contributed by atoms with Gasteiger partial charge in [0, 0.05) is 17.6 Å². The second kappa shape index (κ2) is 6.76. The number of nitrogens with zero attached hydrogens (tertiary/aromatic N) is 2. The third-order valence-corrected chi connectivity index (χ3v) is 11.3. The number of aromatic nitrogens is 4. The number of benzene rings is 3. The van der Waals surface area contributed by atoms with E-state index < -0.39 is 0 Å². The van der Waals surface area contributed by atoms with Crippen LogP contribution in [0.3, 0.4) is 0 Å². The molecule has 6 nitrogen and oxygen atoms in total. The normalized spacial score (nSPS) is 37.1. The molecule has 0 amide bonds. The Morgan fingerprint density at radius 3 is 1.65 bits per heavy atom. The van der Waals surface area contributed by atoms with Gasteiger partial charge in [-0.3, -0.25) is 0 Å². The van der Waals surface area contributed by atoms with Crippen LogP contribution in [0.5, 0.6) is 0 Å². The maximum Gasteiger partial charge on any atom is 0.127 e. The lowest BCUT2D eigenvalue weighted by atomic mass is 9.98. The number of piperidine rings is 4. The van der Waals surface area contributed by atoms with E-state index in [1.807, 2.05) is 12.4 Å². The monoisotopic (exact) mass is 522 g/mol. The maximum absolute atomic E-state index is 4.81. The standard InChI is InChI=1S/C34H30N6/c1-3-18(29-15-35-31(37-29)33-13-25(33)23-11-27(23)39-33)4-2-17(1)19-5-6-21-10-22(8-7-20(21)9-19)30-16-36-32(38-30)34-14-26(34)24-12-28(24)40-34/h1-10,15-16,23-28,39-40H,11-14H2,(H,35,37)(H,36,38)/t23?,24?,25-,26?,27?,28?,33?,34?/m1/s1. The van der Waals surface area contributed by atoms with Crippen LogP contribution in [0.4, 0.5) is 0 Å². The number of hydrogen-bond acceptors (Lipinski definition) is 4. The summed E-state index contributed by atoms with van der Waals surface area (Å²) in [5.41, 5.74) is 7.34. The van der Waals surface area contributed by atoms with Gasteiger partial charge in [0.1, 0.15) is 11.6 Å². The van der Waals surface area contributed by atoms with Gasteiger partial charge >= 0.3 is 0 Å². The Kier molecular flexibility index (Phi) is 3.56. The van der Waals surface area contributed by atoms with Crippen LogP contribution in [0.25, 0.3) is 44.4 Å². The molecule has 7 unspecified atom stereocenters. The fraction of sp³-hybridized carbons (Fsp3) is 0.353. The van der Waals surface area contributed by atoms with Gasteiger partial charge in [0.05, 0.1) is 34.9 Å². The highest BCUT2D eigenvalue weighted by molar-refractivity contribution is 5.90. The highest BCUT2D eigenvalue weighted by Gasteiger charge is 2.74. The van der Waals surface area contributed by atoms with Crippen molar-refractivity contribution in [1.29, 1.82) is 0 Å². The van der Waals surface area contributed by atoms with E-state index in [0.717, 1.165) is 58.8 Å². The van der Waals surface area contributed by atoms with Crippen molar-refractivity contribution in [3.63, 3.8) is 0 Å². The number of H-pyrrole nitrogens is 2. The van der Waals surface area contributed by atoms with E-state index in [0.29, 0.717) is 0 Å². The molecule has 0 radical (unpaired) electrons. The molecule has 6 fully saturated rings. The van der Waals surface area contributed by atoms with E-state index in [2.05, 4.69) is 81.3 Å². The van der Waals surface area contributed by atoms with Gasteiger partial charge in [-0.2, -0.15) is 0 Å². The smallest absolute Gasteiger partial charge is 0.127 e. The fourth-order valence-electron chi connectivity index (χ4n) is 8.76. The van der Waals surface area contributed by atoms with Crippen LogP contribution >= 0.6 is 0 Å². The molecule has 6 aliphatic rings. The van der Waals surface area contributed by atoms with E-state index in [9.17, 15) is 0 Å². The lowest BCUT2D eigenvalue weighted by Crippen LogP contribution is -2.30. The fourth-order valence-corrected chi connectivity index (χ4v) is 8.76. The minimum atomic E-state index is 0.139. The van der Waals surface area contributed by atoms with Crippen molar-refractivity contribution in [2.45, 2.75) is 48.8 Å². The third kappa shape index (κ3) is 2.71. The Balaban J connectivity index is 0.847. The second-order valence-electron chi connectivity index (χ2n) is 13.5. The number of fused-ring (bicyclic) bond motifs is 7. The number of hydrogen-bond donors (Lipinski definition) is 4. The summed E-state index contributed by atoms with van der Waals surface area (Å²) in [5.74, 6) is 5.65. The first-order valence-corrected chi connectivity index (χ1v) is 15.0. The average molecular weight is 523 g/mol. The Bertz CT molecular complexity index is 1880. The van der Waals surface area contributed by atoms with Crippen LogP contribution in [0.1, 0.15) is 37.3 Å². The van der Waals surface area contributed by atoms with Crippen LogP contribution in [0.15, 0.2) is 73.1 Å². The molecule has 0 spiro atoms. The molecule has 3 aromatic carbocycles. The number of imidazole rings is 2. The Hall–Kier alpha value is -3.74. The lowest BCUT2D eigenvalue weighted by molar-refractivity contribution is 0.503. The molecule has 5 aromatic rings. The molecule has 4 aliphatic carbocycles. The molecular weight excluding hydrogens is 492 g/mol. The summed E-state index contributed by atoms with van der Waals surface area (Å²) in [5, 5.41) is 10.2. The van der Waals surface area contributed by atoms with Gasteiger partial charge in [-0.15, -0.1) is 0 Å². The minimum absolute atomic E-state index is 0.139. The van der Waals surface area contributed by atoms with Crippen molar-refractivity contribution in [3.05, 3.63) is 84.7 Å². The summed E-state index contributed by atoms with van der Waals surface area (Å²) in [6.45, 7) is 0. The molecule has 40 heavy (non-hydrogen) atoms. The zero-order valence-corrected chi connectivity index (χ0v) is 22.1. The van der Waals surface area contributed by atoms with Crippen molar-refractivity contribution in [2.75, 3.05) is 0 Å². The first kappa shape index (κ1) is 21.1. The Morgan fingerprint density at radius 1 is 0.575 bits per heavy atom. The summed E-state index contributed by atoms with van der Waals surface area (Å²) < 4.78 is 0. The van der Waals surface area contributed by atoms with Crippen molar-refractivity contribution >= 4 is 10.8 Å². The van der Waals surface area contributed by atoms with Gasteiger partial charge < -0.3 is 20.6 Å².